The lowest BCUT2D eigenvalue weighted by atomic mass is 9.99. The minimum Gasteiger partial charge on any atom is -0.336 e. The number of unbranched alkanes of at least 4 members (excludes halogenated alkanes) is 1. The normalized spacial score (nSPS) is 10.8. The van der Waals surface area contributed by atoms with Gasteiger partial charge in [-0.1, -0.05) is 55.8 Å². The first kappa shape index (κ1) is 25.0. The molecule has 5 heteroatoms. The number of benzene rings is 2. The molecule has 0 spiro atoms. The number of aryl methyl sites for hydroxylation is 1. The van der Waals surface area contributed by atoms with E-state index in [0.717, 1.165) is 41.6 Å². The maximum atomic E-state index is 13.5. The maximum Gasteiger partial charge on any atom is 0.256 e. The number of hydrogen-bond donors (Lipinski definition) is 0. The Labute approximate surface area is 202 Å². The number of hydrogen-bond acceptors (Lipinski definition) is 3. The van der Waals surface area contributed by atoms with Crippen molar-refractivity contribution < 1.29 is 4.79 Å². The Hall–Kier alpha value is -3.65. The molecule has 1 heterocycles. The molecule has 0 aliphatic heterocycles. The van der Waals surface area contributed by atoms with Crippen LogP contribution in [0.2, 0.25) is 0 Å². The molecule has 0 unspecified atom stereocenters. The van der Waals surface area contributed by atoms with Crippen molar-refractivity contribution in [2.45, 2.75) is 66.1 Å². The van der Waals surface area contributed by atoms with Gasteiger partial charge < -0.3 is 9.47 Å². The van der Waals surface area contributed by atoms with Gasteiger partial charge in [-0.2, -0.15) is 5.26 Å². The Bertz CT molecular complexity index is 1230. The summed E-state index contributed by atoms with van der Waals surface area (Å²) in [7, 11) is 0. The van der Waals surface area contributed by atoms with Gasteiger partial charge >= 0.3 is 0 Å². The number of amides is 1. The van der Waals surface area contributed by atoms with Crippen LogP contribution >= 0.6 is 0 Å². The second-order valence-electron chi connectivity index (χ2n) is 8.94. The fourth-order valence-corrected chi connectivity index (χ4v) is 4.18. The molecule has 0 fully saturated rings. The van der Waals surface area contributed by atoms with Crippen molar-refractivity contribution in [2.24, 2.45) is 0 Å². The van der Waals surface area contributed by atoms with E-state index in [-0.39, 0.29) is 17.5 Å². The van der Waals surface area contributed by atoms with Crippen LogP contribution in [-0.4, -0.2) is 21.4 Å². The maximum absolute atomic E-state index is 13.5. The van der Waals surface area contributed by atoms with E-state index >= 15 is 0 Å². The van der Waals surface area contributed by atoms with Crippen LogP contribution in [0.1, 0.15) is 62.9 Å². The standard InChI is InChI=1S/C29H33N3O2/c1-5-6-10-27-17-16-26(20-31(21(2)3)22(4)33)29(34)32(27)19-23-12-14-24(15-13-23)28-11-8-7-9-25(28)18-30/h7-9,11-17,21H,5-6,10,19-20H2,1-4H3. The second kappa shape index (κ2) is 11.5. The van der Waals surface area contributed by atoms with Crippen molar-refractivity contribution in [2.75, 3.05) is 0 Å². The van der Waals surface area contributed by atoms with E-state index in [2.05, 4.69) is 13.0 Å². The van der Waals surface area contributed by atoms with Crippen LogP contribution in [0.3, 0.4) is 0 Å². The Balaban J connectivity index is 1.95. The lowest BCUT2D eigenvalue weighted by Gasteiger charge is -2.25. The van der Waals surface area contributed by atoms with Gasteiger partial charge in [-0.25, -0.2) is 0 Å². The Morgan fingerprint density at radius 2 is 1.76 bits per heavy atom. The molecule has 0 saturated heterocycles. The molecule has 3 rings (SSSR count). The summed E-state index contributed by atoms with van der Waals surface area (Å²) in [6.45, 7) is 8.38. The molecular formula is C29H33N3O2. The predicted molar refractivity (Wildman–Crippen MR) is 136 cm³/mol. The average Bonchev–Trinajstić information content (AvgIpc) is 2.83. The molecule has 0 saturated carbocycles. The first-order valence-corrected chi connectivity index (χ1v) is 11.9. The molecule has 0 radical (unpaired) electrons. The van der Waals surface area contributed by atoms with Crippen LogP contribution in [0.5, 0.6) is 0 Å². The molecule has 0 N–H and O–H groups in total. The van der Waals surface area contributed by atoms with Crippen molar-refractivity contribution in [3.05, 3.63) is 93.4 Å². The van der Waals surface area contributed by atoms with Gasteiger partial charge in [0, 0.05) is 24.2 Å². The van der Waals surface area contributed by atoms with Crippen LogP contribution in [0.4, 0.5) is 0 Å². The van der Waals surface area contributed by atoms with E-state index in [1.807, 2.05) is 79.1 Å². The first-order chi connectivity index (χ1) is 16.3. The van der Waals surface area contributed by atoms with Crippen LogP contribution in [0.15, 0.2) is 65.5 Å². The highest BCUT2D eigenvalue weighted by Crippen LogP contribution is 2.24. The lowest BCUT2D eigenvalue weighted by molar-refractivity contribution is -0.131. The monoisotopic (exact) mass is 455 g/mol. The Morgan fingerprint density at radius 1 is 1.06 bits per heavy atom. The van der Waals surface area contributed by atoms with E-state index in [4.69, 9.17) is 0 Å². The molecule has 5 nitrogen and oxygen atoms in total. The number of aromatic nitrogens is 1. The van der Waals surface area contributed by atoms with Crippen molar-refractivity contribution in [1.29, 1.82) is 5.26 Å². The van der Waals surface area contributed by atoms with Gasteiger partial charge in [0.1, 0.15) is 0 Å². The Morgan fingerprint density at radius 3 is 2.38 bits per heavy atom. The topological polar surface area (TPSA) is 66.1 Å². The third-order valence-corrected chi connectivity index (χ3v) is 6.15. The summed E-state index contributed by atoms with van der Waals surface area (Å²) in [6.07, 6.45) is 2.89. The summed E-state index contributed by atoms with van der Waals surface area (Å²) in [4.78, 5) is 27.3. The zero-order chi connectivity index (χ0) is 24.7. The summed E-state index contributed by atoms with van der Waals surface area (Å²) in [5, 5.41) is 9.41. The van der Waals surface area contributed by atoms with Gasteiger partial charge in [0.05, 0.1) is 24.7 Å². The molecule has 0 aliphatic rings. The molecule has 1 amide bonds. The highest BCUT2D eigenvalue weighted by atomic mass is 16.2. The highest BCUT2D eigenvalue weighted by molar-refractivity contribution is 5.73. The van der Waals surface area contributed by atoms with Gasteiger partial charge in [0.25, 0.3) is 5.56 Å². The highest BCUT2D eigenvalue weighted by Gasteiger charge is 2.17. The number of nitriles is 1. The zero-order valence-corrected chi connectivity index (χ0v) is 20.5. The summed E-state index contributed by atoms with van der Waals surface area (Å²) in [6, 6.07) is 21.8. The van der Waals surface area contributed by atoms with Gasteiger partial charge in [-0.15, -0.1) is 0 Å². The van der Waals surface area contributed by atoms with Crippen molar-refractivity contribution in [1.82, 2.24) is 9.47 Å². The van der Waals surface area contributed by atoms with Crippen molar-refractivity contribution >= 4 is 5.91 Å². The largest absolute Gasteiger partial charge is 0.336 e. The molecule has 0 aliphatic carbocycles. The van der Waals surface area contributed by atoms with Crippen LogP contribution < -0.4 is 5.56 Å². The number of carbonyl (C=O) groups is 1. The summed E-state index contributed by atoms with van der Waals surface area (Å²) >= 11 is 0. The van der Waals surface area contributed by atoms with Crippen LogP contribution in [-0.2, 0) is 24.3 Å². The zero-order valence-electron chi connectivity index (χ0n) is 20.5. The van der Waals surface area contributed by atoms with E-state index in [0.29, 0.717) is 24.2 Å². The smallest absolute Gasteiger partial charge is 0.256 e. The Kier molecular flexibility index (Phi) is 8.43. The van der Waals surface area contributed by atoms with Crippen LogP contribution in [0, 0.1) is 11.3 Å². The molecular weight excluding hydrogens is 422 g/mol. The minimum absolute atomic E-state index is 0.0222. The molecule has 176 valence electrons. The summed E-state index contributed by atoms with van der Waals surface area (Å²) in [5.41, 5.74) is 5.12. The molecule has 3 aromatic rings. The number of carbonyl (C=O) groups excluding carboxylic acids is 1. The van der Waals surface area contributed by atoms with E-state index in [1.165, 1.54) is 0 Å². The van der Waals surface area contributed by atoms with Gasteiger partial charge in [-0.05, 0) is 61.6 Å². The van der Waals surface area contributed by atoms with E-state index in [1.54, 1.807) is 11.8 Å². The van der Waals surface area contributed by atoms with Gasteiger partial charge in [-0.3, -0.25) is 9.59 Å². The summed E-state index contributed by atoms with van der Waals surface area (Å²) < 4.78 is 1.85. The number of rotatable bonds is 9. The average molecular weight is 456 g/mol. The van der Waals surface area contributed by atoms with Crippen LogP contribution in [0.25, 0.3) is 11.1 Å². The van der Waals surface area contributed by atoms with Gasteiger partial charge in [0.2, 0.25) is 5.91 Å². The molecule has 1 aromatic heterocycles. The fraction of sp³-hybridized carbons (Fsp3) is 0.345. The van der Waals surface area contributed by atoms with E-state index < -0.39 is 0 Å². The molecule has 34 heavy (non-hydrogen) atoms. The van der Waals surface area contributed by atoms with Crippen molar-refractivity contribution in [3.8, 4) is 17.2 Å². The SMILES string of the molecule is CCCCc1ccc(CN(C(C)=O)C(C)C)c(=O)n1Cc1ccc(-c2ccccc2C#N)cc1. The molecule has 0 atom stereocenters. The third kappa shape index (κ3) is 5.82. The minimum atomic E-state index is -0.0422. The number of pyridine rings is 1. The summed E-state index contributed by atoms with van der Waals surface area (Å²) in [5.74, 6) is -0.0377. The number of nitrogens with zero attached hydrogens (tertiary/aromatic N) is 3. The molecule has 0 bridgehead atoms. The fourth-order valence-electron chi connectivity index (χ4n) is 4.18. The predicted octanol–water partition coefficient (Wildman–Crippen LogP) is 5.53. The first-order valence-electron chi connectivity index (χ1n) is 11.9. The van der Waals surface area contributed by atoms with Crippen molar-refractivity contribution in [3.63, 3.8) is 0 Å². The quantitative estimate of drug-likeness (QED) is 0.426. The second-order valence-corrected chi connectivity index (χ2v) is 8.94. The van der Waals surface area contributed by atoms with E-state index in [9.17, 15) is 14.9 Å². The van der Waals surface area contributed by atoms with Gasteiger partial charge in [0.15, 0.2) is 0 Å². The molecule has 2 aromatic carbocycles. The lowest BCUT2D eigenvalue weighted by Crippen LogP contribution is -2.38. The third-order valence-electron chi connectivity index (χ3n) is 6.15.